The van der Waals surface area contributed by atoms with Gasteiger partial charge in [-0.1, -0.05) is 11.6 Å². The summed E-state index contributed by atoms with van der Waals surface area (Å²) in [6.45, 7) is 0.377. The van der Waals surface area contributed by atoms with Crippen LogP contribution in [0.4, 0.5) is 5.69 Å². The lowest BCUT2D eigenvalue weighted by Crippen LogP contribution is -2.34. The third kappa shape index (κ3) is 4.28. The van der Waals surface area contributed by atoms with Crippen molar-refractivity contribution in [2.45, 2.75) is 6.04 Å². The Labute approximate surface area is 142 Å². The molecular formula is C15H16ClN3O3S. The highest BCUT2D eigenvalue weighted by Crippen LogP contribution is 2.23. The molecule has 0 spiro atoms. The van der Waals surface area contributed by atoms with Crippen molar-refractivity contribution in [3.05, 3.63) is 61.3 Å². The van der Waals surface area contributed by atoms with Gasteiger partial charge in [0.15, 0.2) is 0 Å². The molecule has 1 unspecified atom stereocenters. The van der Waals surface area contributed by atoms with Crippen LogP contribution in [0, 0.1) is 10.1 Å². The lowest BCUT2D eigenvalue weighted by molar-refractivity contribution is -0.384. The summed E-state index contributed by atoms with van der Waals surface area (Å²) >= 11 is 7.57. The molecular weight excluding hydrogens is 338 g/mol. The standard InChI is InChI=1S/C15H16ClN3O3S/c1-18(2)14(10-5-6-23-9-10)8-17-15(20)12-7-11(19(21)22)3-4-13(12)16/h3-7,9,14H,8H2,1-2H3,(H,17,20). The summed E-state index contributed by atoms with van der Waals surface area (Å²) < 4.78 is 0. The van der Waals surface area contributed by atoms with Crippen molar-refractivity contribution < 1.29 is 9.72 Å². The van der Waals surface area contributed by atoms with E-state index in [0.29, 0.717) is 6.54 Å². The van der Waals surface area contributed by atoms with Crippen molar-refractivity contribution in [3.8, 4) is 0 Å². The Morgan fingerprint density at radius 2 is 2.17 bits per heavy atom. The summed E-state index contributed by atoms with van der Waals surface area (Å²) in [5.41, 5.74) is 1.04. The van der Waals surface area contributed by atoms with Gasteiger partial charge in [0.05, 0.1) is 21.6 Å². The number of hydrogen-bond donors (Lipinski definition) is 1. The zero-order valence-electron chi connectivity index (χ0n) is 12.7. The molecule has 0 bridgehead atoms. The molecule has 0 aliphatic heterocycles. The molecule has 0 aliphatic rings. The van der Waals surface area contributed by atoms with E-state index >= 15 is 0 Å². The molecule has 1 atom stereocenters. The molecule has 0 radical (unpaired) electrons. The summed E-state index contributed by atoms with van der Waals surface area (Å²) in [6.07, 6.45) is 0. The van der Waals surface area contributed by atoms with Crippen LogP contribution >= 0.6 is 22.9 Å². The maximum atomic E-state index is 12.3. The average molecular weight is 354 g/mol. The lowest BCUT2D eigenvalue weighted by atomic mass is 10.1. The second-order valence-corrected chi connectivity index (χ2v) is 6.35. The molecule has 1 amide bonds. The molecule has 0 aliphatic carbocycles. The molecule has 0 saturated heterocycles. The first-order valence-corrected chi connectivity index (χ1v) is 8.13. The predicted octanol–water partition coefficient (Wildman–Crippen LogP) is 3.34. The number of nitro groups is 1. The Bertz CT molecular complexity index is 704. The van der Waals surface area contributed by atoms with Crippen molar-refractivity contribution in [2.24, 2.45) is 0 Å². The molecule has 1 aromatic carbocycles. The fraction of sp³-hybridized carbons (Fsp3) is 0.267. The zero-order chi connectivity index (χ0) is 17.0. The average Bonchev–Trinajstić information content (AvgIpc) is 3.01. The molecule has 1 aromatic heterocycles. The van der Waals surface area contributed by atoms with Crippen LogP contribution in [0.2, 0.25) is 5.02 Å². The smallest absolute Gasteiger partial charge is 0.270 e. The topological polar surface area (TPSA) is 75.5 Å². The maximum Gasteiger partial charge on any atom is 0.270 e. The van der Waals surface area contributed by atoms with E-state index in [0.717, 1.165) is 5.56 Å². The number of likely N-dealkylation sites (N-methyl/N-ethyl adjacent to an activating group) is 1. The minimum absolute atomic E-state index is 0.0164. The highest BCUT2D eigenvalue weighted by atomic mass is 35.5. The number of nitro benzene ring substituents is 1. The van der Waals surface area contributed by atoms with Crippen molar-refractivity contribution in [3.63, 3.8) is 0 Å². The van der Waals surface area contributed by atoms with Gasteiger partial charge >= 0.3 is 0 Å². The number of halogens is 1. The maximum absolute atomic E-state index is 12.3. The summed E-state index contributed by atoms with van der Waals surface area (Å²) in [5, 5.41) is 17.8. The van der Waals surface area contributed by atoms with Crippen molar-refractivity contribution >= 4 is 34.5 Å². The Balaban J connectivity index is 2.12. The van der Waals surface area contributed by atoms with E-state index in [1.54, 1.807) is 11.3 Å². The Hall–Kier alpha value is -1.96. The van der Waals surface area contributed by atoms with E-state index in [-0.39, 0.29) is 22.3 Å². The molecule has 8 heteroatoms. The van der Waals surface area contributed by atoms with Crippen LogP contribution < -0.4 is 5.32 Å². The molecule has 0 saturated carbocycles. The number of rotatable bonds is 6. The summed E-state index contributed by atoms with van der Waals surface area (Å²) in [4.78, 5) is 24.6. The van der Waals surface area contributed by atoms with Crippen LogP contribution in [0.15, 0.2) is 35.0 Å². The van der Waals surface area contributed by atoms with Gasteiger partial charge in [0, 0.05) is 18.7 Å². The van der Waals surface area contributed by atoms with Crippen LogP contribution in [0.25, 0.3) is 0 Å². The van der Waals surface area contributed by atoms with Gasteiger partial charge in [-0.05, 0) is 42.6 Å². The quantitative estimate of drug-likeness (QED) is 0.638. The number of nitrogens with one attached hydrogen (secondary N) is 1. The van der Waals surface area contributed by atoms with Gasteiger partial charge in [0.1, 0.15) is 0 Å². The molecule has 2 rings (SSSR count). The van der Waals surface area contributed by atoms with Gasteiger partial charge in [-0.2, -0.15) is 11.3 Å². The molecule has 122 valence electrons. The highest BCUT2D eigenvalue weighted by Gasteiger charge is 2.19. The molecule has 23 heavy (non-hydrogen) atoms. The SMILES string of the molecule is CN(C)C(CNC(=O)c1cc([N+](=O)[O-])ccc1Cl)c1ccsc1. The Kier molecular flexibility index (Phi) is 5.70. The fourth-order valence-electron chi connectivity index (χ4n) is 2.15. The largest absolute Gasteiger partial charge is 0.350 e. The number of nitrogens with zero attached hydrogens (tertiary/aromatic N) is 2. The van der Waals surface area contributed by atoms with E-state index in [4.69, 9.17) is 11.6 Å². The van der Waals surface area contributed by atoms with Crippen molar-refractivity contribution in [2.75, 3.05) is 20.6 Å². The molecule has 1 heterocycles. The third-order valence-corrected chi connectivity index (χ3v) is 4.44. The number of amides is 1. The second-order valence-electron chi connectivity index (χ2n) is 5.17. The van der Waals surface area contributed by atoms with Crippen LogP contribution in [-0.2, 0) is 0 Å². The Morgan fingerprint density at radius 3 is 2.74 bits per heavy atom. The lowest BCUT2D eigenvalue weighted by Gasteiger charge is -2.24. The molecule has 1 N–H and O–H groups in total. The summed E-state index contributed by atoms with van der Waals surface area (Å²) in [5.74, 6) is -0.430. The van der Waals surface area contributed by atoms with Gasteiger partial charge < -0.3 is 10.2 Å². The van der Waals surface area contributed by atoms with E-state index in [2.05, 4.69) is 5.32 Å². The Morgan fingerprint density at radius 1 is 1.43 bits per heavy atom. The molecule has 2 aromatic rings. The van der Waals surface area contributed by atoms with Gasteiger partial charge in [-0.3, -0.25) is 14.9 Å². The van der Waals surface area contributed by atoms with Gasteiger partial charge in [0.25, 0.3) is 11.6 Å². The first kappa shape index (κ1) is 17.4. The fourth-order valence-corrected chi connectivity index (χ4v) is 3.06. The van der Waals surface area contributed by atoms with Crippen LogP contribution in [0.3, 0.4) is 0 Å². The minimum atomic E-state index is -0.554. The minimum Gasteiger partial charge on any atom is -0.350 e. The summed E-state index contributed by atoms with van der Waals surface area (Å²) in [7, 11) is 3.85. The number of carbonyl (C=O) groups excluding carboxylic acids is 1. The third-order valence-electron chi connectivity index (χ3n) is 3.41. The number of benzene rings is 1. The first-order chi connectivity index (χ1) is 10.9. The number of hydrogen-bond acceptors (Lipinski definition) is 5. The van der Waals surface area contributed by atoms with Crippen LogP contribution in [0.5, 0.6) is 0 Å². The van der Waals surface area contributed by atoms with E-state index in [1.165, 1.54) is 18.2 Å². The van der Waals surface area contributed by atoms with Crippen LogP contribution in [-0.4, -0.2) is 36.4 Å². The van der Waals surface area contributed by atoms with Gasteiger partial charge in [0.2, 0.25) is 0 Å². The highest BCUT2D eigenvalue weighted by molar-refractivity contribution is 7.07. The van der Waals surface area contributed by atoms with Crippen LogP contribution in [0.1, 0.15) is 22.0 Å². The van der Waals surface area contributed by atoms with Gasteiger partial charge in [-0.25, -0.2) is 0 Å². The number of carbonyl (C=O) groups is 1. The molecule has 6 nitrogen and oxygen atoms in total. The normalized spacial score (nSPS) is 12.2. The first-order valence-electron chi connectivity index (χ1n) is 6.81. The summed E-state index contributed by atoms with van der Waals surface area (Å²) in [6, 6.07) is 5.83. The predicted molar refractivity (Wildman–Crippen MR) is 91.2 cm³/mol. The number of thiophene rings is 1. The zero-order valence-corrected chi connectivity index (χ0v) is 14.2. The monoisotopic (exact) mass is 353 g/mol. The van der Waals surface area contributed by atoms with Crippen molar-refractivity contribution in [1.29, 1.82) is 0 Å². The van der Waals surface area contributed by atoms with E-state index < -0.39 is 10.8 Å². The second kappa shape index (κ2) is 7.54. The molecule has 0 fully saturated rings. The van der Waals surface area contributed by atoms with Crippen molar-refractivity contribution in [1.82, 2.24) is 10.2 Å². The van der Waals surface area contributed by atoms with Gasteiger partial charge in [-0.15, -0.1) is 0 Å². The van der Waals surface area contributed by atoms with E-state index in [9.17, 15) is 14.9 Å². The number of non-ortho nitro benzene ring substituents is 1. The van der Waals surface area contributed by atoms with E-state index in [1.807, 2.05) is 35.8 Å².